The quantitative estimate of drug-likeness (QED) is 0.167. The summed E-state index contributed by atoms with van der Waals surface area (Å²) in [5, 5.41) is 9.56. The van der Waals surface area contributed by atoms with Gasteiger partial charge >= 0.3 is 0 Å². The first kappa shape index (κ1) is 34.9. The number of fused-ring (bicyclic) bond motifs is 11. The minimum Gasteiger partial charge on any atom is -0.455 e. The second-order valence-electron chi connectivity index (χ2n) is 16.0. The van der Waals surface area contributed by atoms with Crippen LogP contribution in [0, 0.1) is 0 Å². The zero-order valence-electron chi connectivity index (χ0n) is 33.5. The predicted molar refractivity (Wildman–Crippen MR) is 264 cm³/mol. The maximum Gasteiger partial charge on any atom is 0.143 e. The van der Waals surface area contributed by atoms with Gasteiger partial charge in [0.2, 0.25) is 0 Å². The van der Waals surface area contributed by atoms with Crippen molar-refractivity contribution in [3.63, 3.8) is 0 Å². The van der Waals surface area contributed by atoms with Crippen LogP contribution in [0.15, 0.2) is 223 Å². The summed E-state index contributed by atoms with van der Waals surface area (Å²) < 4.78 is 11.7. The Morgan fingerprint density at radius 3 is 2.05 bits per heavy atom. The predicted octanol–water partition coefficient (Wildman–Crippen LogP) is 17.0. The van der Waals surface area contributed by atoms with E-state index >= 15 is 0 Å². The molecule has 3 heterocycles. The molecule has 4 heteroatoms. The van der Waals surface area contributed by atoms with Crippen molar-refractivity contribution in [1.29, 1.82) is 0 Å². The van der Waals surface area contributed by atoms with Crippen molar-refractivity contribution in [1.82, 2.24) is 4.57 Å². The SMILES string of the molecule is c1ccc(-n2c3ccccc3c3cc(-c4ccc(N(c5cccc(-c6cccc7c6sc6ccccc67)c5)c5cccc6oc7c8ccccc8ccc7c56)cc4)ccc32)cc1. The number of benzene rings is 10. The molecule has 13 aromatic rings. The lowest BCUT2D eigenvalue weighted by atomic mass is 10.00. The fourth-order valence-electron chi connectivity index (χ4n) is 9.75. The van der Waals surface area contributed by atoms with Gasteiger partial charge in [0.15, 0.2) is 0 Å². The Kier molecular flexibility index (Phi) is 7.78. The summed E-state index contributed by atoms with van der Waals surface area (Å²) in [5.41, 5.74) is 13.3. The van der Waals surface area contributed by atoms with Crippen molar-refractivity contribution in [2.24, 2.45) is 0 Å². The lowest BCUT2D eigenvalue weighted by molar-refractivity contribution is 0.672. The first-order chi connectivity index (χ1) is 30.7. The van der Waals surface area contributed by atoms with Crippen molar-refractivity contribution in [3.05, 3.63) is 218 Å². The molecule has 0 bridgehead atoms. The van der Waals surface area contributed by atoms with Gasteiger partial charge in [0.1, 0.15) is 11.2 Å². The van der Waals surface area contributed by atoms with E-state index in [1.165, 1.54) is 64.1 Å². The molecule has 3 aromatic heterocycles. The number of aromatic nitrogens is 1. The molecule has 0 aliphatic carbocycles. The molecule has 62 heavy (non-hydrogen) atoms. The molecule has 0 amide bonds. The van der Waals surface area contributed by atoms with E-state index in [0.717, 1.165) is 55.6 Å². The van der Waals surface area contributed by atoms with E-state index in [2.05, 4.69) is 228 Å². The molecule has 0 N–H and O–H groups in total. The molecule has 0 fully saturated rings. The maximum absolute atomic E-state index is 6.74. The highest BCUT2D eigenvalue weighted by Gasteiger charge is 2.22. The number of rotatable bonds is 6. The third-order valence-electron chi connectivity index (χ3n) is 12.6. The molecule has 0 unspecified atom stereocenters. The number of thiophene rings is 1. The zero-order chi connectivity index (χ0) is 40.7. The molecule has 0 saturated heterocycles. The largest absolute Gasteiger partial charge is 0.455 e. The molecule has 0 aliphatic rings. The standard InChI is InChI=1S/C58H36N2OS/c1-2-15-41(16-3-1)60-51-23-8-6-19-46(51)50-36-39(30-34-52(50)60)37-27-31-42(32-28-37)59(53-24-12-25-54-56(53)49-33-29-38-13-4-5-18-44(38)57(49)61-54)43-17-10-14-40(35-43)45-21-11-22-48-47-20-7-9-26-55(47)62-58(45)48/h1-36H. The van der Waals surface area contributed by atoms with Crippen LogP contribution in [-0.2, 0) is 0 Å². The molecule has 0 saturated carbocycles. The van der Waals surface area contributed by atoms with E-state index in [4.69, 9.17) is 4.42 Å². The highest BCUT2D eigenvalue weighted by Crippen LogP contribution is 2.47. The van der Waals surface area contributed by atoms with Crippen molar-refractivity contribution < 1.29 is 4.42 Å². The smallest absolute Gasteiger partial charge is 0.143 e. The van der Waals surface area contributed by atoms with Crippen LogP contribution in [0.2, 0.25) is 0 Å². The van der Waals surface area contributed by atoms with Gasteiger partial charge < -0.3 is 13.9 Å². The van der Waals surface area contributed by atoms with E-state index in [0.29, 0.717) is 0 Å². The van der Waals surface area contributed by atoms with Gasteiger partial charge in [-0.1, -0.05) is 140 Å². The number of anilines is 3. The van der Waals surface area contributed by atoms with Crippen molar-refractivity contribution in [2.75, 3.05) is 4.90 Å². The Morgan fingerprint density at radius 1 is 0.419 bits per heavy atom. The van der Waals surface area contributed by atoms with E-state index < -0.39 is 0 Å². The summed E-state index contributed by atoms with van der Waals surface area (Å²) in [6.45, 7) is 0. The Morgan fingerprint density at radius 2 is 1.15 bits per heavy atom. The fourth-order valence-corrected chi connectivity index (χ4v) is 11.0. The lowest BCUT2D eigenvalue weighted by Crippen LogP contribution is -2.10. The average molecular weight is 809 g/mol. The van der Waals surface area contributed by atoms with Crippen LogP contribution in [-0.4, -0.2) is 4.57 Å². The molecule has 13 rings (SSSR count). The number of hydrogen-bond donors (Lipinski definition) is 0. The minimum absolute atomic E-state index is 0.865. The van der Waals surface area contributed by atoms with Crippen LogP contribution >= 0.6 is 11.3 Å². The second kappa shape index (κ2) is 13.8. The molecular weight excluding hydrogens is 773 g/mol. The topological polar surface area (TPSA) is 21.3 Å². The van der Waals surface area contributed by atoms with Crippen molar-refractivity contribution in [2.45, 2.75) is 0 Å². The van der Waals surface area contributed by atoms with Crippen LogP contribution in [0.3, 0.4) is 0 Å². The Labute approximate surface area is 361 Å². The van der Waals surface area contributed by atoms with E-state index in [-0.39, 0.29) is 0 Å². The summed E-state index contributed by atoms with van der Waals surface area (Å²) in [6, 6.07) is 79.1. The van der Waals surface area contributed by atoms with Crippen LogP contribution in [0.25, 0.3) is 103 Å². The number of nitrogens with zero attached hydrogens (tertiary/aromatic N) is 2. The molecule has 0 spiro atoms. The number of para-hydroxylation sites is 2. The average Bonchev–Trinajstić information content (AvgIpc) is 4.02. The van der Waals surface area contributed by atoms with Gasteiger partial charge in [-0.25, -0.2) is 0 Å². The Bertz CT molecular complexity index is 3870. The highest BCUT2D eigenvalue weighted by atomic mass is 32.1. The molecule has 10 aromatic carbocycles. The molecule has 0 radical (unpaired) electrons. The minimum atomic E-state index is 0.865. The lowest BCUT2D eigenvalue weighted by Gasteiger charge is -2.27. The normalized spacial score (nSPS) is 11.9. The van der Waals surface area contributed by atoms with Gasteiger partial charge in [-0.15, -0.1) is 11.3 Å². The van der Waals surface area contributed by atoms with Gasteiger partial charge in [-0.05, 0) is 107 Å². The summed E-state index contributed by atoms with van der Waals surface area (Å²) >= 11 is 1.87. The van der Waals surface area contributed by atoms with E-state index in [1.54, 1.807) is 0 Å². The van der Waals surface area contributed by atoms with E-state index in [9.17, 15) is 0 Å². The zero-order valence-corrected chi connectivity index (χ0v) is 34.3. The first-order valence-electron chi connectivity index (χ1n) is 21.1. The monoisotopic (exact) mass is 808 g/mol. The van der Waals surface area contributed by atoms with Crippen LogP contribution in [0.5, 0.6) is 0 Å². The Hall–Kier alpha value is -7.92. The van der Waals surface area contributed by atoms with Gasteiger partial charge in [0.25, 0.3) is 0 Å². The first-order valence-corrected chi connectivity index (χ1v) is 21.9. The molecule has 3 nitrogen and oxygen atoms in total. The summed E-state index contributed by atoms with van der Waals surface area (Å²) in [5.74, 6) is 0. The molecular formula is C58H36N2OS. The summed E-state index contributed by atoms with van der Waals surface area (Å²) in [4.78, 5) is 2.40. The van der Waals surface area contributed by atoms with Gasteiger partial charge in [0.05, 0.1) is 22.1 Å². The molecule has 0 atom stereocenters. The number of hydrogen-bond acceptors (Lipinski definition) is 3. The summed E-state index contributed by atoms with van der Waals surface area (Å²) in [6.07, 6.45) is 0. The second-order valence-corrected chi connectivity index (χ2v) is 17.1. The molecule has 0 aliphatic heterocycles. The maximum atomic E-state index is 6.74. The van der Waals surface area contributed by atoms with Gasteiger partial charge in [-0.3, -0.25) is 0 Å². The third-order valence-corrected chi connectivity index (χ3v) is 13.8. The van der Waals surface area contributed by atoms with Crippen LogP contribution < -0.4 is 4.90 Å². The van der Waals surface area contributed by atoms with Crippen molar-refractivity contribution >= 4 is 103 Å². The van der Waals surface area contributed by atoms with E-state index in [1.807, 2.05) is 11.3 Å². The number of furan rings is 1. The third kappa shape index (κ3) is 5.37. The van der Waals surface area contributed by atoms with Crippen molar-refractivity contribution in [3.8, 4) is 27.9 Å². The Balaban J connectivity index is 0.985. The van der Waals surface area contributed by atoms with Gasteiger partial charge in [-0.2, -0.15) is 0 Å². The van der Waals surface area contributed by atoms with Crippen LogP contribution in [0.4, 0.5) is 17.1 Å². The fraction of sp³-hybridized carbons (Fsp3) is 0. The summed E-state index contributed by atoms with van der Waals surface area (Å²) in [7, 11) is 0. The van der Waals surface area contributed by atoms with Gasteiger partial charge in [0, 0.05) is 58.8 Å². The van der Waals surface area contributed by atoms with Crippen LogP contribution in [0.1, 0.15) is 0 Å². The molecule has 290 valence electrons. The highest BCUT2D eigenvalue weighted by molar-refractivity contribution is 7.26.